The van der Waals surface area contributed by atoms with E-state index in [0.717, 1.165) is 6.26 Å². The van der Waals surface area contributed by atoms with Crippen molar-refractivity contribution in [3.05, 3.63) is 0 Å². The monoisotopic (exact) mass is 280 g/mol. The average molecular weight is 280 g/mol. The van der Waals surface area contributed by atoms with E-state index in [1.807, 2.05) is 20.8 Å². The van der Waals surface area contributed by atoms with Crippen LogP contribution in [0.25, 0.3) is 0 Å². The summed E-state index contributed by atoms with van der Waals surface area (Å²) in [6, 6.07) is 0. The Morgan fingerprint density at radius 2 is 1.89 bits per heavy atom. The highest BCUT2D eigenvalue weighted by atomic mass is 32.2. The number of ether oxygens (including phenoxy) is 3. The molecule has 0 radical (unpaired) electrons. The van der Waals surface area contributed by atoms with Crippen LogP contribution in [0.2, 0.25) is 0 Å². The van der Waals surface area contributed by atoms with Gasteiger partial charge in [-0.1, -0.05) is 6.92 Å². The van der Waals surface area contributed by atoms with E-state index >= 15 is 0 Å². The minimum atomic E-state index is -3.49. The van der Waals surface area contributed by atoms with Crippen molar-refractivity contribution >= 4 is 10.1 Å². The number of rotatable bonds is 3. The van der Waals surface area contributed by atoms with E-state index in [-0.39, 0.29) is 18.1 Å². The van der Waals surface area contributed by atoms with Crippen molar-refractivity contribution in [3.8, 4) is 0 Å². The molecule has 0 unspecified atom stereocenters. The van der Waals surface area contributed by atoms with Crippen LogP contribution in [0.1, 0.15) is 27.7 Å². The fourth-order valence-corrected chi connectivity index (χ4v) is 3.21. The fourth-order valence-electron chi connectivity index (χ4n) is 2.55. The minimum Gasteiger partial charge on any atom is -0.343 e. The van der Waals surface area contributed by atoms with Gasteiger partial charge in [0.25, 0.3) is 10.1 Å². The van der Waals surface area contributed by atoms with Crippen LogP contribution in [-0.2, 0) is 28.5 Å². The zero-order valence-corrected chi connectivity index (χ0v) is 12.1. The summed E-state index contributed by atoms with van der Waals surface area (Å²) in [4.78, 5) is 0. The second kappa shape index (κ2) is 4.42. The van der Waals surface area contributed by atoms with Gasteiger partial charge in [-0.15, -0.1) is 0 Å². The first-order valence-corrected chi connectivity index (χ1v) is 7.80. The number of hydrogen-bond acceptors (Lipinski definition) is 6. The second-order valence-corrected chi connectivity index (χ2v) is 7.03. The molecule has 0 bridgehead atoms. The lowest BCUT2D eigenvalue weighted by Gasteiger charge is -2.26. The zero-order valence-electron chi connectivity index (χ0n) is 11.2. The smallest absolute Gasteiger partial charge is 0.264 e. The molecule has 2 aliphatic heterocycles. The summed E-state index contributed by atoms with van der Waals surface area (Å²) in [7, 11) is -3.49. The van der Waals surface area contributed by atoms with E-state index in [4.69, 9.17) is 18.4 Å². The first-order valence-electron chi connectivity index (χ1n) is 5.98. The van der Waals surface area contributed by atoms with Crippen molar-refractivity contribution in [1.82, 2.24) is 0 Å². The Morgan fingerprint density at radius 1 is 1.28 bits per heavy atom. The van der Waals surface area contributed by atoms with E-state index < -0.39 is 28.3 Å². The highest BCUT2D eigenvalue weighted by molar-refractivity contribution is 7.86. The molecular formula is C11H20O6S. The highest BCUT2D eigenvalue weighted by Gasteiger charge is 2.54. The van der Waals surface area contributed by atoms with Gasteiger partial charge in [0.15, 0.2) is 12.1 Å². The Bertz CT molecular complexity index is 417. The third-order valence-electron chi connectivity index (χ3n) is 3.21. The third kappa shape index (κ3) is 2.85. The maximum Gasteiger partial charge on any atom is 0.264 e. The van der Waals surface area contributed by atoms with Gasteiger partial charge in [0, 0.05) is 5.92 Å². The predicted octanol–water partition coefficient (Wildman–Crippen LogP) is 0.864. The van der Waals surface area contributed by atoms with E-state index in [1.165, 1.54) is 0 Å². The highest BCUT2D eigenvalue weighted by Crippen LogP contribution is 2.41. The van der Waals surface area contributed by atoms with E-state index in [1.54, 1.807) is 6.92 Å². The summed E-state index contributed by atoms with van der Waals surface area (Å²) < 4.78 is 44.2. The van der Waals surface area contributed by atoms with Gasteiger partial charge in [-0.05, 0) is 20.8 Å². The molecule has 0 aromatic carbocycles. The lowest BCUT2D eigenvalue weighted by atomic mass is 9.98. The number of hydrogen-bond donors (Lipinski definition) is 0. The van der Waals surface area contributed by atoms with Crippen LogP contribution >= 0.6 is 0 Å². The molecule has 6 nitrogen and oxygen atoms in total. The molecule has 2 rings (SSSR count). The normalized spacial score (nSPS) is 40.7. The summed E-state index contributed by atoms with van der Waals surface area (Å²) in [5.74, 6) is -0.649. The first kappa shape index (κ1) is 14.2. The molecule has 0 aliphatic carbocycles. The molecule has 18 heavy (non-hydrogen) atoms. The SMILES string of the molecule is C[C@H]1[C@H]2OC(C)(C)O[C@H]2O[C@@H]1[C@@H](C)OS(C)(=O)=O. The maximum atomic E-state index is 11.1. The molecule has 5 atom stereocenters. The van der Waals surface area contributed by atoms with Gasteiger partial charge < -0.3 is 14.2 Å². The van der Waals surface area contributed by atoms with Crippen LogP contribution in [0.15, 0.2) is 0 Å². The third-order valence-corrected chi connectivity index (χ3v) is 3.86. The molecule has 106 valence electrons. The number of fused-ring (bicyclic) bond motifs is 1. The summed E-state index contributed by atoms with van der Waals surface area (Å²) in [5.41, 5.74) is 0. The van der Waals surface area contributed by atoms with Gasteiger partial charge in [0.05, 0.1) is 12.4 Å². The Balaban J connectivity index is 2.03. The van der Waals surface area contributed by atoms with Crippen LogP contribution < -0.4 is 0 Å². The van der Waals surface area contributed by atoms with Gasteiger partial charge in [0.2, 0.25) is 0 Å². The average Bonchev–Trinajstić information content (AvgIpc) is 2.58. The second-order valence-electron chi connectivity index (χ2n) is 5.43. The maximum absolute atomic E-state index is 11.1. The van der Waals surface area contributed by atoms with E-state index in [0.29, 0.717) is 0 Å². The predicted molar refractivity (Wildman–Crippen MR) is 63.3 cm³/mol. The van der Waals surface area contributed by atoms with Gasteiger partial charge >= 0.3 is 0 Å². The molecular weight excluding hydrogens is 260 g/mol. The van der Waals surface area contributed by atoms with Crippen LogP contribution in [-0.4, -0.2) is 45.1 Å². The molecule has 7 heteroatoms. The molecule has 0 amide bonds. The molecule has 2 heterocycles. The molecule has 2 fully saturated rings. The van der Waals surface area contributed by atoms with Crippen LogP contribution in [0.4, 0.5) is 0 Å². The van der Waals surface area contributed by atoms with Crippen molar-refractivity contribution in [2.75, 3.05) is 6.26 Å². The molecule has 0 spiro atoms. The van der Waals surface area contributed by atoms with Crippen LogP contribution in [0.3, 0.4) is 0 Å². The Labute approximate surface area is 108 Å². The standard InChI is InChI=1S/C11H20O6S/c1-6-8(7(2)17-18(5,12)13)14-10-9(6)15-11(3,4)16-10/h6-10H,1-5H3/t6-,7-,8+,9-,10-/m1/s1. The molecule has 2 saturated heterocycles. The van der Waals surface area contributed by atoms with Crippen molar-refractivity contribution in [1.29, 1.82) is 0 Å². The Morgan fingerprint density at radius 3 is 2.39 bits per heavy atom. The van der Waals surface area contributed by atoms with Crippen LogP contribution in [0, 0.1) is 5.92 Å². The fraction of sp³-hybridized carbons (Fsp3) is 1.00. The molecule has 0 aromatic heterocycles. The molecule has 0 aromatic rings. The quantitative estimate of drug-likeness (QED) is 0.714. The van der Waals surface area contributed by atoms with E-state index in [9.17, 15) is 8.42 Å². The summed E-state index contributed by atoms with van der Waals surface area (Å²) in [5, 5.41) is 0. The summed E-state index contributed by atoms with van der Waals surface area (Å²) in [6.07, 6.45) is -0.525. The van der Waals surface area contributed by atoms with Gasteiger partial charge in [-0.2, -0.15) is 8.42 Å². The Kier molecular flexibility index (Phi) is 3.48. The van der Waals surface area contributed by atoms with Crippen LogP contribution in [0.5, 0.6) is 0 Å². The van der Waals surface area contributed by atoms with Gasteiger partial charge in [-0.25, -0.2) is 0 Å². The Hall–Kier alpha value is -0.210. The van der Waals surface area contributed by atoms with Gasteiger partial charge in [0.1, 0.15) is 12.2 Å². The van der Waals surface area contributed by atoms with Crippen molar-refractivity contribution < 1.29 is 26.8 Å². The molecule has 0 saturated carbocycles. The van der Waals surface area contributed by atoms with Crippen molar-refractivity contribution in [3.63, 3.8) is 0 Å². The van der Waals surface area contributed by atoms with Crippen molar-refractivity contribution in [2.24, 2.45) is 5.92 Å². The summed E-state index contributed by atoms with van der Waals surface area (Å²) in [6.45, 7) is 7.27. The lowest BCUT2D eigenvalue weighted by molar-refractivity contribution is -0.216. The minimum absolute atomic E-state index is 0.00789. The first-order chi connectivity index (χ1) is 8.09. The zero-order chi connectivity index (χ0) is 13.7. The lowest BCUT2D eigenvalue weighted by Crippen LogP contribution is -2.36. The molecule has 0 N–H and O–H groups in total. The van der Waals surface area contributed by atoms with Gasteiger partial charge in [-0.3, -0.25) is 4.18 Å². The topological polar surface area (TPSA) is 71.1 Å². The van der Waals surface area contributed by atoms with Crippen molar-refractivity contribution in [2.45, 2.75) is 58.1 Å². The molecule has 2 aliphatic rings. The largest absolute Gasteiger partial charge is 0.343 e. The summed E-state index contributed by atoms with van der Waals surface area (Å²) >= 11 is 0. The van der Waals surface area contributed by atoms with E-state index in [2.05, 4.69) is 0 Å².